The summed E-state index contributed by atoms with van der Waals surface area (Å²) in [6.07, 6.45) is 9.00. The maximum absolute atomic E-state index is 6.26. The lowest BCUT2D eigenvalue weighted by atomic mass is 10.0. The topological polar surface area (TPSA) is 55.6 Å². The van der Waals surface area contributed by atoms with Gasteiger partial charge in [-0.1, -0.05) is 18.5 Å². The van der Waals surface area contributed by atoms with Crippen LogP contribution in [0.4, 0.5) is 5.95 Å². The first kappa shape index (κ1) is 13.4. The molecule has 0 bridgehead atoms. The second-order valence-electron chi connectivity index (χ2n) is 5.01. The summed E-state index contributed by atoms with van der Waals surface area (Å²) in [5.41, 5.74) is 2.41. The molecule has 0 radical (unpaired) electrons. The number of hydrogen-bond acceptors (Lipinski definition) is 4. The van der Waals surface area contributed by atoms with Crippen molar-refractivity contribution in [2.24, 2.45) is 0 Å². The quantitative estimate of drug-likeness (QED) is 0.941. The van der Waals surface area contributed by atoms with E-state index in [0.717, 1.165) is 31.6 Å². The summed E-state index contributed by atoms with van der Waals surface area (Å²) < 4.78 is 2.01. The molecule has 1 aliphatic rings. The lowest BCUT2D eigenvalue weighted by molar-refractivity contribution is 0.654. The molecular weight excluding hydrogens is 274 g/mol. The maximum atomic E-state index is 6.26. The van der Waals surface area contributed by atoms with Crippen LogP contribution >= 0.6 is 11.6 Å². The van der Waals surface area contributed by atoms with E-state index in [1.54, 1.807) is 6.20 Å². The number of anilines is 1. The van der Waals surface area contributed by atoms with Gasteiger partial charge >= 0.3 is 0 Å². The molecule has 0 aromatic carbocycles. The van der Waals surface area contributed by atoms with E-state index >= 15 is 0 Å². The van der Waals surface area contributed by atoms with Crippen LogP contribution in [0.15, 0.2) is 12.5 Å². The third-order valence-corrected chi connectivity index (χ3v) is 3.78. The normalized spacial score (nSPS) is 14.1. The lowest BCUT2D eigenvalue weighted by Crippen LogP contribution is -2.11. The van der Waals surface area contributed by atoms with E-state index < -0.39 is 0 Å². The van der Waals surface area contributed by atoms with Gasteiger partial charge in [0.05, 0.1) is 11.9 Å². The van der Waals surface area contributed by atoms with Crippen molar-refractivity contribution in [3.63, 3.8) is 0 Å². The Balaban J connectivity index is 1.98. The lowest BCUT2D eigenvalue weighted by Gasteiger charge is -2.14. The average Bonchev–Trinajstić information content (AvgIpc) is 2.90. The fourth-order valence-electron chi connectivity index (χ4n) is 2.50. The molecule has 0 spiro atoms. The number of hydrogen-bond donors (Lipinski definition) is 1. The third-order valence-electron chi connectivity index (χ3n) is 3.52. The molecule has 6 heteroatoms. The SMILES string of the molecule is CCCNc1ncc(Cl)c(-n2cnc3c2CCCC3)n1. The third kappa shape index (κ3) is 2.50. The Morgan fingerprint density at radius 1 is 1.30 bits per heavy atom. The van der Waals surface area contributed by atoms with Crippen molar-refractivity contribution in [1.82, 2.24) is 19.5 Å². The fourth-order valence-corrected chi connectivity index (χ4v) is 2.68. The molecule has 0 aliphatic heterocycles. The van der Waals surface area contributed by atoms with Gasteiger partial charge in [0.25, 0.3) is 0 Å². The molecule has 2 aromatic heterocycles. The molecule has 0 fully saturated rings. The molecule has 20 heavy (non-hydrogen) atoms. The van der Waals surface area contributed by atoms with Crippen LogP contribution in [0.25, 0.3) is 5.82 Å². The Morgan fingerprint density at radius 3 is 3.00 bits per heavy atom. The van der Waals surface area contributed by atoms with Gasteiger partial charge in [0.1, 0.15) is 11.3 Å². The first-order valence-electron chi connectivity index (χ1n) is 7.11. The predicted octanol–water partition coefficient (Wildman–Crippen LogP) is 3.02. The van der Waals surface area contributed by atoms with Crippen LogP contribution in [0.2, 0.25) is 5.02 Å². The van der Waals surface area contributed by atoms with Crippen LogP contribution in [0.5, 0.6) is 0 Å². The first-order valence-corrected chi connectivity index (χ1v) is 7.49. The Kier molecular flexibility index (Phi) is 3.87. The number of halogens is 1. The van der Waals surface area contributed by atoms with E-state index in [9.17, 15) is 0 Å². The number of rotatable bonds is 4. The standard InChI is InChI=1S/C14H18ClN5/c1-2-7-16-14-17-8-10(15)13(19-14)20-9-18-11-5-3-4-6-12(11)20/h8-9H,2-7H2,1H3,(H,16,17,19). The second-order valence-corrected chi connectivity index (χ2v) is 5.41. The highest BCUT2D eigenvalue weighted by Gasteiger charge is 2.18. The molecule has 1 N–H and O–H groups in total. The van der Waals surface area contributed by atoms with Gasteiger partial charge in [-0.05, 0) is 32.1 Å². The summed E-state index contributed by atoms with van der Waals surface area (Å²) in [6.45, 7) is 2.96. The van der Waals surface area contributed by atoms with Gasteiger partial charge in [-0.3, -0.25) is 4.57 Å². The van der Waals surface area contributed by atoms with Gasteiger partial charge in [-0.25, -0.2) is 9.97 Å². The number of nitrogens with zero attached hydrogens (tertiary/aromatic N) is 4. The summed E-state index contributed by atoms with van der Waals surface area (Å²) in [7, 11) is 0. The van der Waals surface area contributed by atoms with Gasteiger partial charge in [-0.15, -0.1) is 0 Å². The van der Waals surface area contributed by atoms with Gasteiger partial charge in [0, 0.05) is 12.2 Å². The summed E-state index contributed by atoms with van der Waals surface area (Å²) in [4.78, 5) is 13.2. The van der Waals surface area contributed by atoms with E-state index in [1.165, 1.54) is 24.2 Å². The number of fused-ring (bicyclic) bond motifs is 1. The molecule has 0 atom stereocenters. The van der Waals surface area contributed by atoms with Gasteiger partial charge in [-0.2, -0.15) is 4.98 Å². The van der Waals surface area contributed by atoms with E-state index in [2.05, 4.69) is 27.2 Å². The molecular formula is C14H18ClN5. The number of nitrogens with one attached hydrogen (secondary N) is 1. The zero-order valence-electron chi connectivity index (χ0n) is 11.6. The number of imidazole rings is 1. The summed E-state index contributed by atoms with van der Waals surface area (Å²) in [5, 5.41) is 3.74. The van der Waals surface area contributed by atoms with E-state index in [1.807, 2.05) is 10.9 Å². The Labute approximate surface area is 123 Å². The molecule has 5 nitrogen and oxygen atoms in total. The van der Waals surface area contributed by atoms with E-state index in [-0.39, 0.29) is 0 Å². The van der Waals surface area contributed by atoms with Crippen molar-refractivity contribution >= 4 is 17.5 Å². The summed E-state index contributed by atoms with van der Waals surface area (Å²) in [6, 6.07) is 0. The molecule has 0 saturated carbocycles. The Bertz CT molecular complexity index is 608. The Hall–Kier alpha value is -1.62. The molecule has 3 rings (SSSR count). The smallest absolute Gasteiger partial charge is 0.224 e. The zero-order valence-corrected chi connectivity index (χ0v) is 12.3. The zero-order chi connectivity index (χ0) is 13.9. The van der Waals surface area contributed by atoms with Gasteiger partial charge in [0.2, 0.25) is 5.95 Å². The van der Waals surface area contributed by atoms with E-state index in [0.29, 0.717) is 11.0 Å². The van der Waals surface area contributed by atoms with Crippen LogP contribution < -0.4 is 5.32 Å². The molecule has 2 aromatic rings. The molecule has 0 saturated heterocycles. The van der Waals surface area contributed by atoms with Crippen molar-refractivity contribution in [3.05, 3.63) is 28.9 Å². The van der Waals surface area contributed by atoms with Gasteiger partial charge in [0.15, 0.2) is 5.82 Å². The van der Waals surface area contributed by atoms with Crippen LogP contribution in [0, 0.1) is 0 Å². The van der Waals surface area contributed by atoms with Crippen LogP contribution in [-0.4, -0.2) is 26.1 Å². The van der Waals surface area contributed by atoms with E-state index in [4.69, 9.17) is 11.6 Å². The fraction of sp³-hybridized carbons (Fsp3) is 0.500. The van der Waals surface area contributed by atoms with Crippen LogP contribution in [0.1, 0.15) is 37.6 Å². The van der Waals surface area contributed by atoms with Crippen molar-refractivity contribution < 1.29 is 0 Å². The highest BCUT2D eigenvalue weighted by molar-refractivity contribution is 6.32. The highest BCUT2D eigenvalue weighted by Crippen LogP contribution is 2.26. The monoisotopic (exact) mass is 291 g/mol. The average molecular weight is 292 g/mol. The first-order chi connectivity index (χ1) is 9.79. The number of aromatic nitrogens is 4. The van der Waals surface area contributed by atoms with Crippen molar-refractivity contribution in [2.75, 3.05) is 11.9 Å². The second kappa shape index (κ2) is 5.79. The molecule has 1 aliphatic carbocycles. The summed E-state index contributed by atoms with van der Waals surface area (Å²) in [5.74, 6) is 1.33. The minimum absolute atomic E-state index is 0.554. The minimum atomic E-state index is 0.554. The van der Waals surface area contributed by atoms with Crippen molar-refractivity contribution in [3.8, 4) is 5.82 Å². The largest absolute Gasteiger partial charge is 0.354 e. The van der Waals surface area contributed by atoms with Crippen molar-refractivity contribution in [2.45, 2.75) is 39.0 Å². The minimum Gasteiger partial charge on any atom is -0.354 e. The number of aryl methyl sites for hydroxylation is 1. The Morgan fingerprint density at radius 2 is 2.15 bits per heavy atom. The van der Waals surface area contributed by atoms with Crippen LogP contribution in [0.3, 0.4) is 0 Å². The summed E-state index contributed by atoms with van der Waals surface area (Å²) >= 11 is 6.26. The molecule has 0 amide bonds. The highest BCUT2D eigenvalue weighted by atomic mass is 35.5. The van der Waals surface area contributed by atoms with Gasteiger partial charge < -0.3 is 5.32 Å². The van der Waals surface area contributed by atoms with Crippen molar-refractivity contribution in [1.29, 1.82) is 0 Å². The maximum Gasteiger partial charge on any atom is 0.224 e. The molecule has 0 unspecified atom stereocenters. The molecule has 2 heterocycles. The van der Waals surface area contributed by atoms with Crippen LogP contribution in [-0.2, 0) is 12.8 Å². The predicted molar refractivity (Wildman–Crippen MR) is 79.6 cm³/mol. The molecule has 106 valence electrons.